The Hall–Kier alpha value is -3.22. The number of carboxylic acid groups (broad SMARTS) is 1. The molecule has 35 heavy (non-hydrogen) atoms. The molecule has 4 aromatic rings. The van der Waals surface area contributed by atoms with Crippen molar-refractivity contribution in [3.05, 3.63) is 76.1 Å². The first kappa shape index (κ1) is 23.5. The normalized spacial score (nSPS) is 15.1. The molecule has 5 nitrogen and oxygen atoms in total. The number of hydrogen-bond acceptors (Lipinski definition) is 5. The highest BCUT2D eigenvalue weighted by molar-refractivity contribution is 7.17. The third-order valence-corrected chi connectivity index (χ3v) is 7.64. The summed E-state index contributed by atoms with van der Waals surface area (Å²) in [5.41, 5.74) is 13.4. The fourth-order valence-corrected chi connectivity index (χ4v) is 6.06. The van der Waals surface area contributed by atoms with Crippen LogP contribution in [0.1, 0.15) is 37.3 Å². The van der Waals surface area contributed by atoms with Crippen LogP contribution in [0.2, 0.25) is 5.02 Å². The number of nitrogens with one attached hydrogen (secondary N) is 1. The Morgan fingerprint density at radius 2 is 2.00 bits per heavy atom. The fourth-order valence-electron chi connectivity index (χ4n) is 4.96. The Kier molecular flexibility index (Phi) is 6.34. The van der Waals surface area contributed by atoms with Gasteiger partial charge >= 0.3 is 5.97 Å². The number of aliphatic carboxylic acids is 1. The first-order chi connectivity index (χ1) is 16.8. The van der Waals surface area contributed by atoms with Crippen LogP contribution in [-0.2, 0) is 11.3 Å². The molecule has 1 aliphatic rings. The summed E-state index contributed by atoms with van der Waals surface area (Å²) in [5, 5.41) is 17.0. The highest BCUT2D eigenvalue weighted by atomic mass is 35.5. The molecule has 0 spiro atoms. The van der Waals surface area contributed by atoms with E-state index in [2.05, 4.69) is 59.8 Å². The van der Waals surface area contributed by atoms with E-state index in [1.807, 2.05) is 24.3 Å². The average Bonchev–Trinajstić information content (AvgIpc) is 3.33. The zero-order valence-corrected chi connectivity index (χ0v) is 21.3. The van der Waals surface area contributed by atoms with Gasteiger partial charge in [0.15, 0.2) is 0 Å². The third kappa shape index (κ3) is 4.95. The average molecular weight is 506 g/mol. The topological polar surface area (TPSA) is 78.6 Å². The molecule has 0 amide bonds. The second-order valence-electron chi connectivity index (χ2n) is 9.49. The lowest BCUT2D eigenvalue weighted by atomic mass is 9.95. The number of carboxylic acids is 1. The Labute approximate surface area is 214 Å². The molecule has 0 fully saturated rings. The zero-order valence-electron chi connectivity index (χ0n) is 19.7. The van der Waals surface area contributed by atoms with Gasteiger partial charge in [0.2, 0.25) is 0 Å². The molecule has 5 rings (SSSR count). The maximum atomic E-state index is 11.6. The zero-order chi connectivity index (χ0) is 24.7. The van der Waals surface area contributed by atoms with Crippen molar-refractivity contribution in [2.24, 2.45) is 0 Å². The fraction of sp³-hybridized carbons (Fsp3) is 0.250. The van der Waals surface area contributed by atoms with E-state index >= 15 is 0 Å². The minimum absolute atomic E-state index is 0.0518. The van der Waals surface area contributed by atoms with Gasteiger partial charge in [-0.05, 0) is 89.3 Å². The van der Waals surface area contributed by atoms with Gasteiger partial charge in [-0.1, -0.05) is 23.7 Å². The summed E-state index contributed by atoms with van der Waals surface area (Å²) >= 11 is 7.99. The standard InChI is InChI=1S/C28H28ClN3O2S/c1-16(2)31-23-8-18(7-22(30)12-23)17-3-5-24-19(10-28(33)34)13-32(26(24)9-17)14-20-15-35-27-6-4-21(29)11-25(20)27/h3-9,11-12,15-16,19,31H,10,13-14,30H2,1-2H3,(H,33,34). The molecule has 3 aromatic carbocycles. The van der Waals surface area contributed by atoms with Crippen molar-refractivity contribution < 1.29 is 9.90 Å². The van der Waals surface area contributed by atoms with Gasteiger partial charge in [0.1, 0.15) is 0 Å². The number of nitrogens with two attached hydrogens (primary N) is 1. The van der Waals surface area contributed by atoms with E-state index in [0.29, 0.717) is 24.8 Å². The van der Waals surface area contributed by atoms with Crippen LogP contribution in [0.15, 0.2) is 60.0 Å². The molecule has 0 bridgehead atoms. The molecule has 7 heteroatoms. The van der Waals surface area contributed by atoms with E-state index in [9.17, 15) is 9.90 Å². The molecule has 0 saturated carbocycles. The van der Waals surface area contributed by atoms with Crippen molar-refractivity contribution in [2.75, 3.05) is 22.5 Å². The highest BCUT2D eigenvalue weighted by Crippen LogP contribution is 2.43. The molecule has 1 atom stereocenters. The summed E-state index contributed by atoms with van der Waals surface area (Å²) in [4.78, 5) is 13.9. The van der Waals surface area contributed by atoms with Crippen LogP contribution in [0.3, 0.4) is 0 Å². The maximum absolute atomic E-state index is 11.6. The van der Waals surface area contributed by atoms with Crippen molar-refractivity contribution in [3.63, 3.8) is 0 Å². The van der Waals surface area contributed by atoms with Crippen LogP contribution in [0, 0.1) is 0 Å². The lowest BCUT2D eigenvalue weighted by molar-refractivity contribution is -0.137. The number of carbonyl (C=O) groups is 1. The van der Waals surface area contributed by atoms with Gasteiger partial charge < -0.3 is 21.1 Å². The number of nitrogens with zero attached hydrogens (tertiary/aromatic N) is 1. The van der Waals surface area contributed by atoms with E-state index in [4.69, 9.17) is 17.3 Å². The number of halogens is 1. The molecule has 0 aliphatic carbocycles. The van der Waals surface area contributed by atoms with Crippen LogP contribution in [0.4, 0.5) is 17.1 Å². The number of anilines is 3. The van der Waals surface area contributed by atoms with Gasteiger partial charge in [-0.3, -0.25) is 4.79 Å². The number of thiophene rings is 1. The molecule has 1 aliphatic heterocycles. The van der Waals surface area contributed by atoms with Crippen molar-refractivity contribution in [1.82, 2.24) is 0 Å². The molecular weight excluding hydrogens is 478 g/mol. The van der Waals surface area contributed by atoms with Gasteiger partial charge in [0, 0.05) is 51.8 Å². The predicted molar refractivity (Wildman–Crippen MR) is 148 cm³/mol. The van der Waals surface area contributed by atoms with Crippen molar-refractivity contribution in [1.29, 1.82) is 0 Å². The molecule has 1 unspecified atom stereocenters. The first-order valence-electron chi connectivity index (χ1n) is 11.7. The van der Waals surface area contributed by atoms with Gasteiger partial charge in [-0.2, -0.15) is 0 Å². The minimum atomic E-state index is -0.778. The monoisotopic (exact) mass is 505 g/mol. The minimum Gasteiger partial charge on any atom is -0.481 e. The Morgan fingerprint density at radius 1 is 1.17 bits per heavy atom. The van der Waals surface area contributed by atoms with Crippen molar-refractivity contribution in [3.8, 4) is 11.1 Å². The van der Waals surface area contributed by atoms with Crippen molar-refractivity contribution in [2.45, 2.75) is 38.8 Å². The quantitative estimate of drug-likeness (QED) is 0.231. The molecule has 180 valence electrons. The molecule has 0 saturated heterocycles. The summed E-state index contributed by atoms with van der Waals surface area (Å²) in [6.45, 7) is 5.56. The van der Waals surface area contributed by atoms with E-state index in [0.717, 1.165) is 38.5 Å². The smallest absolute Gasteiger partial charge is 0.304 e. The Balaban J connectivity index is 1.53. The first-order valence-corrected chi connectivity index (χ1v) is 13.0. The molecule has 1 aromatic heterocycles. The summed E-state index contributed by atoms with van der Waals surface area (Å²) < 4.78 is 1.20. The maximum Gasteiger partial charge on any atom is 0.304 e. The lowest BCUT2D eigenvalue weighted by Gasteiger charge is -2.20. The summed E-state index contributed by atoms with van der Waals surface area (Å²) in [6.07, 6.45) is 0.111. The van der Waals surface area contributed by atoms with Crippen LogP contribution >= 0.6 is 22.9 Å². The number of hydrogen-bond donors (Lipinski definition) is 3. The van der Waals surface area contributed by atoms with Gasteiger partial charge in [0.05, 0.1) is 6.42 Å². The highest BCUT2D eigenvalue weighted by Gasteiger charge is 2.31. The van der Waals surface area contributed by atoms with Crippen LogP contribution in [0.5, 0.6) is 0 Å². The summed E-state index contributed by atoms with van der Waals surface area (Å²) in [7, 11) is 0. The summed E-state index contributed by atoms with van der Waals surface area (Å²) in [5.74, 6) is -0.830. The van der Waals surface area contributed by atoms with Gasteiger partial charge in [-0.15, -0.1) is 11.3 Å². The molecular formula is C28H28ClN3O2S. The number of rotatable bonds is 7. The molecule has 2 heterocycles. The Morgan fingerprint density at radius 3 is 2.77 bits per heavy atom. The number of benzene rings is 3. The second-order valence-corrected chi connectivity index (χ2v) is 10.8. The van der Waals surface area contributed by atoms with Gasteiger partial charge in [0.25, 0.3) is 0 Å². The molecule has 0 radical (unpaired) electrons. The van der Waals surface area contributed by atoms with Crippen molar-refractivity contribution >= 4 is 56.1 Å². The summed E-state index contributed by atoms with van der Waals surface area (Å²) in [6, 6.07) is 18.6. The van der Waals surface area contributed by atoms with E-state index in [1.165, 1.54) is 10.3 Å². The largest absolute Gasteiger partial charge is 0.481 e. The number of nitrogen functional groups attached to an aromatic ring is 1. The van der Waals surface area contributed by atoms with E-state index < -0.39 is 5.97 Å². The van der Waals surface area contributed by atoms with Gasteiger partial charge in [-0.25, -0.2) is 0 Å². The SMILES string of the molecule is CC(C)Nc1cc(N)cc(-c2ccc3c(c2)N(Cc2csc4ccc(Cl)cc24)CC3CC(=O)O)c1. The predicted octanol–water partition coefficient (Wildman–Crippen LogP) is 7.20. The third-order valence-electron chi connectivity index (χ3n) is 6.39. The second kappa shape index (κ2) is 9.44. The Bertz CT molecular complexity index is 1410. The number of fused-ring (bicyclic) bond motifs is 2. The van der Waals surface area contributed by atoms with Crippen LogP contribution in [-0.4, -0.2) is 23.7 Å². The van der Waals surface area contributed by atoms with E-state index in [-0.39, 0.29) is 12.3 Å². The lowest BCUT2D eigenvalue weighted by Crippen LogP contribution is -2.22. The van der Waals surface area contributed by atoms with Crippen LogP contribution < -0.4 is 16.0 Å². The van der Waals surface area contributed by atoms with E-state index in [1.54, 1.807) is 11.3 Å². The van der Waals surface area contributed by atoms with Crippen LogP contribution in [0.25, 0.3) is 21.2 Å². The molecule has 4 N–H and O–H groups in total.